The lowest BCUT2D eigenvalue weighted by molar-refractivity contribution is 0.0985. The second kappa shape index (κ2) is 7.39. The van der Waals surface area contributed by atoms with Gasteiger partial charge in [-0.25, -0.2) is 22.4 Å². The van der Waals surface area contributed by atoms with Gasteiger partial charge in [0.05, 0.1) is 48.8 Å². The van der Waals surface area contributed by atoms with Crippen LogP contribution in [0.25, 0.3) is 16.9 Å². The zero-order chi connectivity index (χ0) is 21.1. The van der Waals surface area contributed by atoms with E-state index in [1.54, 1.807) is 16.9 Å². The summed E-state index contributed by atoms with van der Waals surface area (Å²) in [5, 5.41) is 8.96. The lowest BCUT2D eigenvalue weighted by Gasteiger charge is -2.34. The second-order valence-corrected chi connectivity index (χ2v) is 12.3. The number of fused-ring (bicyclic) bond motifs is 1. The Labute approximate surface area is 189 Å². The first kappa shape index (κ1) is 20.6. The molecule has 2 atom stereocenters. The summed E-state index contributed by atoms with van der Waals surface area (Å²) in [6, 6.07) is 4.01. The maximum absolute atomic E-state index is 12.7. The van der Waals surface area contributed by atoms with Gasteiger partial charge in [0.15, 0.2) is 15.5 Å². The van der Waals surface area contributed by atoms with Crippen LogP contribution in [0.15, 0.2) is 24.5 Å². The third kappa shape index (κ3) is 3.16. The molecule has 0 radical (unpaired) electrons. The van der Waals surface area contributed by atoms with Crippen molar-refractivity contribution in [2.75, 3.05) is 30.9 Å². The summed E-state index contributed by atoms with van der Waals surface area (Å²) in [6.07, 6.45) is 6.49. The molecule has 3 aromatic heterocycles. The molecular weight excluding hydrogens is 538 g/mol. The number of ether oxygens (including phenoxy) is 1. The van der Waals surface area contributed by atoms with Gasteiger partial charge in [-0.3, -0.25) is 0 Å². The maximum atomic E-state index is 12.7. The molecule has 0 aromatic carbocycles. The number of hydrogen-bond acceptors (Lipinski definition) is 7. The van der Waals surface area contributed by atoms with Crippen LogP contribution in [0, 0.1) is 0 Å². The van der Waals surface area contributed by atoms with Crippen LogP contribution in [-0.2, 0) is 19.3 Å². The Morgan fingerprint density at radius 3 is 2.80 bits per heavy atom. The highest BCUT2D eigenvalue weighted by Crippen LogP contribution is 2.53. The molecule has 0 amide bonds. The third-order valence-electron chi connectivity index (χ3n) is 6.00. The van der Waals surface area contributed by atoms with Crippen LogP contribution in [0.1, 0.15) is 25.5 Å². The lowest BCUT2D eigenvalue weighted by atomic mass is 10.2. The zero-order valence-electron chi connectivity index (χ0n) is 16.6. The number of morpholine rings is 1. The van der Waals surface area contributed by atoms with E-state index in [-0.39, 0.29) is 6.04 Å². The lowest BCUT2D eigenvalue weighted by Crippen LogP contribution is -2.44. The van der Waals surface area contributed by atoms with Gasteiger partial charge >= 0.3 is 0 Å². The zero-order valence-corrected chi connectivity index (χ0v) is 20.6. The Morgan fingerprint density at radius 1 is 1.33 bits per heavy atom. The quantitative estimate of drug-likeness (QED) is 0.350. The van der Waals surface area contributed by atoms with E-state index in [0.29, 0.717) is 50.3 Å². The Balaban J connectivity index is 1.77. The number of anilines is 1. The Hall–Kier alpha value is -1.30. The van der Waals surface area contributed by atoms with Gasteiger partial charge in [0.25, 0.3) is 0 Å². The number of halogens is 1. The Morgan fingerprint density at radius 2 is 2.13 bits per heavy atom. The molecule has 1 aliphatic carbocycles. The fourth-order valence-electron chi connectivity index (χ4n) is 4.17. The molecule has 30 heavy (non-hydrogen) atoms. The van der Waals surface area contributed by atoms with Crippen molar-refractivity contribution < 1.29 is 13.2 Å². The van der Waals surface area contributed by atoms with Crippen molar-refractivity contribution in [3.8, 4) is 11.3 Å². The Kier molecular flexibility index (Phi) is 5.07. The maximum Gasteiger partial charge on any atom is 0.167 e. The van der Waals surface area contributed by atoms with Gasteiger partial charge in [0, 0.05) is 25.1 Å². The Bertz CT molecular complexity index is 1220. The minimum absolute atomic E-state index is 0.155. The SMILES string of the molecule is C[C@@H]1COCCN1c1cc(C2(S(C)(=O)=O)CC2)n2ncc(-c3ccnn3PI)c2n1. The molecule has 12 heteroatoms. The predicted molar refractivity (Wildman–Crippen MR) is 125 cm³/mol. The minimum Gasteiger partial charge on any atom is -0.377 e. The van der Waals surface area contributed by atoms with E-state index in [4.69, 9.17) is 9.72 Å². The van der Waals surface area contributed by atoms with Crippen LogP contribution in [0.3, 0.4) is 0 Å². The highest BCUT2D eigenvalue weighted by atomic mass is 127. The molecular formula is C18H22IN6O3PS. The van der Waals surface area contributed by atoms with E-state index in [1.807, 2.05) is 16.6 Å². The van der Waals surface area contributed by atoms with Gasteiger partial charge in [-0.2, -0.15) is 10.2 Å². The first-order valence-electron chi connectivity index (χ1n) is 9.70. The summed E-state index contributed by atoms with van der Waals surface area (Å²) in [5.41, 5.74) is 3.13. The predicted octanol–water partition coefficient (Wildman–Crippen LogP) is 2.64. The van der Waals surface area contributed by atoms with Gasteiger partial charge in [-0.1, -0.05) is 0 Å². The van der Waals surface area contributed by atoms with Gasteiger partial charge in [-0.15, -0.1) is 0 Å². The fourth-order valence-corrected chi connectivity index (χ4v) is 7.09. The summed E-state index contributed by atoms with van der Waals surface area (Å²) >= 11 is 2.29. The average Bonchev–Trinajstić information content (AvgIpc) is 3.23. The largest absolute Gasteiger partial charge is 0.377 e. The molecule has 9 nitrogen and oxygen atoms in total. The van der Waals surface area contributed by atoms with Crippen molar-refractivity contribution in [3.63, 3.8) is 0 Å². The summed E-state index contributed by atoms with van der Waals surface area (Å²) in [4.78, 5) is 7.15. The highest BCUT2D eigenvalue weighted by Gasteiger charge is 2.56. The highest BCUT2D eigenvalue weighted by molar-refractivity contribution is 14.2. The number of sulfone groups is 1. The molecule has 1 saturated heterocycles. The van der Waals surface area contributed by atoms with E-state index in [1.165, 1.54) is 6.26 Å². The minimum atomic E-state index is -3.30. The standard InChI is InChI=1S/C18H22IN6O3PS/c1-12-11-28-8-7-23(12)16-9-15(18(4-5-18)30(2,26)27)24-17(22-16)13(10-21-24)14-3-6-20-25(14)29-19/h3,6,9-10,12,29H,4-5,7-8,11H2,1-2H3/t12-/m1/s1. The summed E-state index contributed by atoms with van der Waals surface area (Å²) in [6.45, 7) is 4.05. The number of nitrogens with zero attached hydrogens (tertiary/aromatic N) is 6. The van der Waals surface area contributed by atoms with Crippen molar-refractivity contribution in [1.82, 2.24) is 24.1 Å². The molecule has 0 spiro atoms. The van der Waals surface area contributed by atoms with Crippen LogP contribution in [-0.4, -0.2) is 64.6 Å². The van der Waals surface area contributed by atoms with Gasteiger partial charge in [0.2, 0.25) is 0 Å². The first-order chi connectivity index (χ1) is 14.4. The summed E-state index contributed by atoms with van der Waals surface area (Å²) < 4.78 is 33.8. The first-order valence-corrected chi connectivity index (χ1v) is 15.7. The van der Waals surface area contributed by atoms with Crippen molar-refractivity contribution in [2.24, 2.45) is 0 Å². The molecule has 160 valence electrons. The van der Waals surface area contributed by atoms with Crippen LogP contribution >= 0.6 is 28.4 Å². The molecule has 3 aromatic rings. The molecule has 1 aliphatic heterocycles. The average molecular weight is 560 g/mol. The third-order valence-corrected chi connectivity index (χ3v) is 9.92. The van der Waals surface area contributed by atoms with E-state index >= 15 is 0 Å². The summed E-state index contributed by atoms with van der Waals surface area (Å²) in [7, 11) is -3.30. The van der Waals surface area contributed by atoms with Crippen molar-refractivity contribution >= 4 is 49.7 Å². The number of aromatic nitrogens is 5. The molecule has 2 aliphatic rings. The van der Waals surface area contributed by atoms with E-state index in [9.17, 15) is 8.42 Å². The molecule has 2 fully saturated rings. The van der Waals surface area contributed by atoms with Crippen molar-refractivity contribution in [2.45, 2.75) is 30.6 Å². The van der Waals surface area contributed by atoms with Crippen molar-refractivity contribution in [1.29, 1.82) is 0 Å². The number of hydrogen-bond donors (Lipinski definition) is 0. The van der Waals surface area contributed by atoms with Crippen LogP contribution in [0.2, 0.25) is 0 Å². The molecule has 1 unspecified atom stereocenters. The summed E-state index contributed by atoms with van der Waals surface area (Å²) in [5.74, 6) is 0.771. The van der Waals surface area contributed by atoms with E-state index < -0.39 is 14.6 Å². The van der Waals surface area contributed by atoms with Gasteiger partial charge < -0.3 is 9.64 Å². The monoisotopic (exact) mass is 560 g/mol. The second-order valence-electron chi connectivity index (χ2n) is 7.89. The van der Waals surface area contributed by atoms with Crippen LogP contribution in [0.4, 0.5) is 5.82 Å². The van der Waals surface area contributed by atoms with E-state index in [2.05, 4.69) is 44.1 Å². The molecule has 1 saturated carbocycles. The molecule has 0 bridgehead atoms. The topological polar surface area (TPSA) is 94.6 Å². The normalized spacial score (nSPS) is 21.7. The van der Waals surface area contributed by atoms with Crippen LogP contribution < -0.4 is 4.90 Å². The van der Waals surface area contributed by atoms with E-state index in [0.717, 1.165) is 17.1 Å². The smallest absolute Gasteiger partial charge is 0.167 e. The van der Waals surface area contributed by atoms with Crippen molar-refractivity contribution in [3.05, 3.63) is 30.2 Å². The van der Waals surface area contributed by atoms with Crippen LogP contribution in [0.5, 0.6) is 0 Å². The molecule has 0 N–H and O–H groups in total. The van der Waals surface area contributed by atoms with Gasteiger partial charge in [0.1, 0.15) is 10.6 Å². The molecule has 4 heterocycles. The van der Waals surface area contributed by atoms with Gasteiger partial charge in [-0.05, 0) is 47.9 Å². The molecule has 5 rings (SSSR count). The fraction of sp³-hybridized carbons (Fsp3) is 0.500. The number of rotatable bonds is 5.